The SMILES string of the molecule is CCOC[P+](=O)CC[C@H](NC(=O)OCC)C(=O)OCC. The maximum atomic E-state index is 11.7. The number of esters is 1. The van der Waals surface area contributed by atoms with Crippen LogP contribution in [0.15, 0.2) is 0 Å². The molecule has 0 rings (SSSR count). The molecule has 1 amide bonds. The van der Waals surface area contributed by atoms with Crippen LogP contribution in [0.1, 0.15) is 27.2 Å². The molecule has 116 valence electrons. The second kappa shape index (κ2) is 11.6. The van der Waals surface area contributed by atoms with E-state index >= 15 is 0 Å². The molecule has 8 heteroatoms. The number of carbonyl (C=O) groups excluding carboxylic acids is 2. The zero-order valence-electron chi connectivity index (χ0n) is 12.2. The predicted octanol–water partition coefficient (Wildman–Crippen LogP) is 1.88. The molecule has 0 aliphatic heterocycles. The maximum Gasteiger partial charge on any atom is 0.407 e. The Morgan fingerprint density at radius 1 is 1.10 bits per heavy atom. The molecule has 0 saturated carbocycles. The molecule has 7 nitrogen and oxygen atoms in total. The van der Waals surface area contributed by atoms with Crippen molar-refractivity contribution in [3.8, 4) is 0 Å². The predicted molar refractivity (Wildman–Crippen MR) is 74.2 cm³/mol. The highest BCUT2D eigenvalue weighted by Crippen LogP contribution is 2.22. The van der Waals surface area contributed by atoms with Crippen molar-refractivity contribution in [1.29, 1.82) is 0 Å². The summed E-state index contributed by atoms with van der Waals surface area (Å²) in [6.07, 6.45) is -0.0445. The molecular formula is C12H23NO6P+. The molecule has 0 spiro atoms. The maximum absolute atomic E-state index is 11.7. The number of carbonyl (C=O) groups is 2. The molecule has 0 aromatic rings. The van der Waals surface area contributed by atoms with Crippen molar-refractivity contribution < 1.29 is 28.4 Å². The molecule has 0 aliphatic carbocycles. The lowest BCUT2D eigenvalue weighted by atomic mass is 10.2. The highest BCUT2D eigenvalue weighted by atomic mass is 31.1. The zero-order valence-corrected chi connectivity index (χ0v) is 13.1. The minimum atomic E-state index is -1.56. The molecule has 0 saturated heterocycles. The topological polar surface area (TPSA) is 90.9 Å². The minimum Gasteiger partial charge on any atom is -0.464 e. The summed E-state index contributed by atoms with van der Waals surface area (Å²) >= 11 is 0. The van der Waals surface area contributed by atoms with Crippen molar-refractivity contribution in [2.45, 2.75) is 33.2 Å². The number of ether oxygens (including phenoxy) is 3. The monoisotopic (exact) mass is 308 g/mol. The Morgan fingerprint density at radius 3 is 2.30 bits per heavy atom. The quantitative estimate of drug-likeness (QED) is 0.489. The lowest BCUT2D eigenvalue weighted by Crippen LogP contribution is -2.42. The molecule has 1 unspecified atom stereocenters. The smallest absolute Gasteiger partial charge is 0.407 e. The van der Waals surface area contributed by atoms with Gasteiger partial charge < -0.3 is 19.5 Å². The van der Waals surface area contributed by atoms with Gasteiger partial charge in [-0.2, -0.15) is 0 Å². The van der Waals surface area contributed by atoms with Gasteiger partial charge in [-0.3, -0.25) is 0 Å². The molecule has 20 heavy (non-hydrogen) atoms. The Labute approximate surface area is 120 Å². The van der Waals surface area contributed by atoms with Crippen LogP contribution in [0.3, 0.4) is 0 Å². The number of hydrogen-bond donors (Lipinski definition) is 1. The Hall–Kier alpha value is -1.20. The summed E-state index contributed by atoms with van der Waals surface area (Å²) in [5, 5.41) is 2.41. The summed E-state index contributed by atoms with van der Waals surface area (Å²) in [5.41, 5.74) is 0. The van der Waals surface area contributed by atoms with Crippen molar-refractivity contribution in [2.24, 2.45) is 0 Å². The standard InChI is InChI=1S/C12H22NO6P/c1-4-17-9-20(16)8-7-10(11(14)18-5-2)13-12(15)19-6-3/h10H,4-9H2,1-3H3/p+1/t10-/m0/s1. The lowest BCUT2D eigenvalue weighted by molar-refractivity contribution is -0.145. The number of alkyl carbamates (subject to hydrolysis) is 1. The van der Waals surface area contributed by atoms with Gasteiger partial charge in [0.05, 0.1) is 13.2 Å². The zero-order chi connectivity index (χ0) is 15.4. The average Bonchev–Trinajstić information content (AvgIpc) is 2.41. The van der Waals surface area contributed by atoms with E-state index in [2.05, 4.69) is 5.32 Å². The first kappa shape index (κ1) is 18.8. The van der Waals surface area contributed by atoms with Crippen LogP contribution in [0.4, 0.5) is 4.79 Å². The molecule has 0 heterocycles. The highest BCUT2D eigenvalue weighted by molar-refractivity contribution is 7.44. The largest absolute Gasteiger partial charge is 0.464 e. The van der Waals surface area contributed by atoms with E-state index in [1.165, 1.54) is 0 Å². The van der Waals surface area contributed by atoms with E-state index in [4.69, 9.17) is 14.2 Å². The van der Waals surface area contributed by atoms with Crippen LogP contribution in [-0.2, 0) is 23.6 Å². The summed E-state index contributed by atoms with van der Waals surface area (Å²) in [6, 6.07) is -0.852. The molecule has 2 atom stereocenters. The first-order valence-electron chi connectivity index (χ1n) is 6.64. The van der Waals surface area contributed by atoms with Gasteiger partial charge >= 0.3 is 19.9 Å². The third-order valence-corrected chi connectivity index (χ3v) is 3.47. The molecule has 0 bridgehead atoms. The Bertz CT molecular complexity index is 323. The highest BCUT2D eigenvalue weighted by Gasteiger charge is 2.27. The second-order valence-corrected chi connectivity index (χ2v) is 5.45. The Kier molecular flexibility index (Phi) is 10.9. The van der Waals surface area contributed by atoms with Gasteiger partial charge in [-0.05, 0) is 20.8 Å². The van der Waals surface area contributed by atoms with Gasteiger partial charge in [0, 0.05) is 13.0 Å². The number of rotatable bonds is 10. The summed E-state index contributed by atoms with van der Waals surface area (Å²) in [4.78, 5) is 23.0. The third kappa shape index (κ3) is 8.82. The molecule has 1 N–H and O–H groups in total. The summed E-state index contributed by atoms with van der Waals surface area (Å²) in [5.74, 6) is -0.555. The normalized spacial score (nSPS) is 12.4. The van der Waals surface area contributed by atoms with Gasteiger partial charge in [0.1, 0.15) is 6.04 Å². The molecule has 0 aromatic heterocycles. The van der Waals surface area contributed by atoms with Gasteiger partial charge in [-0.25, -0.2) is 9.59 Å². The summed E-state index contributed by atoms with van der Waals surface area (Å²) in [6.45, 7) is 6.06. The number of amides is 1. The third-order valence-electron chi connectivity index (χ3n) is 2.25. The van der Waals surface area contributed by atoms with Crippen LogP contribution >= 0.6 is 7.80 Å². The van der Waals surface area contributed by atoms with E-state index in [0.29, 0.717) is 6.61 Å². The van der Waals surface area contributed by atoms with Gasteiger partial charge in [0.2, 0.25) is 6.35 Å². The van der Waals surface area contributed by atoms with Crippen molar-refractivity contribution in [3.63, 3.8) is 0 Å². The van der Waals surface area contributed by atoms with E-state index in [0.717, 1.165) is 0 Å². The van der Waals surface area contributed by atoms with Crippen LogP contribution < -0.4 is 5.32 Å². The summed E-state index contributed by atoms with van der Waals surface area (Å²) in [7, 11) is -1.56. The molecule has 0 radical (unpaired) electrons. The van der Waals surface area contributed by atoms with Crippen LogP contribution in [0.2, 0.25) is 0 Å². The van der Waals surface area contributed by atoms with Gasteiger partial charge in [-0.15, -0.1) is 0 Å². The fraction of sp³-hybridized carbons (Fsp3) is 0.833. The van der Waals surface area contributed by atoms with Crippen LogP contribution in [0.25, 0.3) is 0 Å². The van der Waals surface area contributed by atoms with Gasteiger partial charge in [-0.1, -0.05) is 4.57 Å². The fourth-order valence-electron chi connectivity index (χ4n) is 1.34. The second-order valence-electron chi connectivity index (χ2n) is 3.79. The Balaban J connectivity index is 4.34. The van der Waals surface area contributed by atoms with Crippen LogP contribution in [0.5, 0.6) is 0 Å². The molecule has 0 aliphatic rings. The first-order chi connectivity index (χ1) is 9.54. The van der Waals surface area contributed by atoms with Crippen molar-refractivity contribution in [2.75, 3.05) is 32.3 Å². The van der Waals surface area contributed by atoms with E-state index < -0.39 is 25.9 Å². The summed E-state index contributed by atoms with van der Waals surface area (Å²) < 4.78 is 26.2. The van der Waals surface area contributed by atoms with E-state index in [1.807, 2.05) is 6.92 Å². The lowest BCUT2D eigenvalue weighted by Gasteiger charge is -2.15. The van der Waals surface area contributed by atoms with Crippen LogP contribution in [-0.4, -0.2) is 50.4 Å². The molecule has 0 aromatic carbocycles. The van der Waals surface area contributed by atoms with E-state index in [-0.39, 0.29) is 32.1 Å². The van der Waals surface area contributed by atoms with Crippen molar-refractivity contribution >= 4 is 19.9 Å². The van der Waals surface area contributed by atoms with Crippen molar-refractivity contribution in [3.05, 3.63) is 0 Å². The van der Waals surface area contributed by atoms with Gasteiger partial charge in [0.15, 0.2) is 6.16 Å². The minimum absolute atomic E-state index is 0.154. The van der Waals surface area contributed by atoms with E-state index in [1.54, 1.807) is 13.8 Å². The van der Waals surface area contributed by atoms with Crippen molar-refractivity contribution in [1.82, 2.24) is 5.32 Å². The van der Waals surface area contributed by atoms with Gasteiger partial charge in [0.25, 0.3) is 0 Å². The van der Waals surface area contributed by atoms with E-state index in [9.17, 15) is 14.2 Å². The fourth-order valence-corrected chi connectivity index (χ4v) is 2.40. The number of nitrogens with one attached hydrogen (secondary N) is 1. The molecule has 0 fully saturated rings. The van der Waals surface area contributed by atoms with Crippen LogP contribution in [0, 0.1) is 0 Å². The Morgan fingerprint density at radius 2 is 1.75 bits per heavy atom. The number of hydrogen-bond acceptors (Lipinski definition) is 6. The molecular weight excluding hydrogens is 285 g/mol. The average molecular weight is 308 g/mol. The first-order valence-corrected chi connectivity index (χ1v) is 8.27.